The summed E-state index contributed by atoms with van der Waals surface area (Å²) in [5.74, 6) is -1.23. The van der Waals surface area contributed by atoms with Crippen LogP contribution in [-0.4, -0.2) is 30.8 Å². The summed E-state index contributed by atoms with van der Waals surface area (Å²) in [6.07, 6.45) is -2.41. The van der Waals surface area contributed by atoms with Gasteiger partial charge in [0.1, 0.15) is 5.65 Å². The summed E-state index contributed by atoms with van der Waals surface area (Å²) in [5.41, 5.74) is 3.67. The maximum atomic E-state index is 12.8. The van der Waals surface area contributed by atoms with Crippen molar-refractivity contribution in [3.05, 3.63) is 62.7 Å². The lowest BCUT2D eigenvalue weighted by Crippen LogP contribution is -2.37. The van der Waals surface area contributed by atoms with Crippen molar-refractivity contribution in [2.75, 3.05) is 6.54 Å². The number of aromatic nitrogens is 4. The van der Waals surface area contributed by atoms with E-state index in [4.69, 9.17) is 0 Å². The van der Waals surface area contributed by atoms with Crippen LogP contribution in [0, 0.1) is 13.8 Å². The predicted molar refractivity (Wildman–Crippen MR) is 92.3 cm³/mol. The van der Waals surface area contributed by atoms with E-state index in [1.807, 2.05) is 46.5 Å². The second-order valence-corrected chi connectivity index (χ2v) is 6.83. The lowest BCUT2D eigenvalue weighted by molar-refractivity contribution is -0.145. The molecule has 4 heterocycles. The number of hydrogen-bond acceptors (Lipinski definition) is 4. The van der Waals surface area contributed by atoms with Gasteiger partial charge in [-0.2, -0.15) is 13.2 Å². The Morgan fingerprint density at radius 1 is 1.26 bits per heavy atom. The molecule has 1 N–H and O–H groups in total. The van der Waals surface area contributed by atoms with E-state index in [0.717, 1.165) is 22.6 Å². The molecule has 3 aromatic heterocycles. The lowest BCUT2D eigenvalue weighted by atomic mass is 10.1. The Hall–Kier alpha value is -2.68. The van der Waals surface area contributed by atoms with Crippen LogP contribution < -0.4 is 5.56 Å². The first-order valence-corrected chi connectivity index (χ1v) is 8.59. The van der Waals surface area contributed by atoms with Crippen molar-refractivity contribution in [2.24, 2.45) is 0 Å². The summed E-state index contributed by atoms with van der Waals surface area (Å²) in [7, 11) is 0. The molecule has 27 heavy (non-hydrogen) atoms. The van der Waals surface area contributed by atoms with E-state index in [9.17, 15) is 18.0 Å². The number of aromatic amines is 1. The van der Waals surface area contributed by atoms with Crippen molar-refractivity contribution in [1.29, 1.82) is 0 Å². The van der Waals surface area contributed by atoms with Gasteiger partial charge >= 0.3 is 6.18 Å². The molecule has 0 fully saturated rings. The van der Waals surface area contributed by atoms with E-state index in [2.05, 4.69) is 9.97 Å². The Morgan fingerprint density at radius 3 is 2.78 bits per heavy atom. The van der Waals surface area contributed by atoms with Gasteiger partial charge in [-0.3, -0.25) is 9.69 Å². The second-order valence-electron chi connectivity index (χ2n) is 6.83. The predicted octanol–water partition coefficient (Wildman–Crippen LogP) is 2.61. The van der Waals surface area contributed by atoms with Crippen molar-refractivity contribution < 1.29 is 13.2 Å². The molecule has 0 unspecified atom stereocenters. The summed E-state index contributed by atoms with van der Waals surface area (Å²) >= 11 is 0. The fraction of sp³-hybridized carbons (Fsp3) is 0.389. The first-order chi connectivity index (χ1) is 12.7. The van der Waals surface area contributed by atoms with Crippen molar-refractivity contribution in [1.82, 2.24) is 24.3 Å². The lowest BCUT2D eigenvalue weighted by Gasteiger charge is -2.27. The van der Waals surface area contributed by atoms with E-state index in [-0.39, 0.29) is 12.2 Å². The Kier molecular flexibility index (Phi) is 4.06. The average molecular weight is 377 g/mol. The molecule has 0 radical (unpaired) electrons. The molecule has 0 spiro atoms. The fourth-order valence-corrected chi connectivity index (χ4v) is 3.52. The van der Waals surface area contributed by atoms with Crippen molar-refractivity contribution in [3.8, 4) is 0 Å². The van der Waals surface area contributed by atoms with E-state index in [1.54, 1.807) is 0 Å². The molecule has 4 rings (SSSR count). The largest absolute Gasteiger partial charge is 0.449 e. The molecule has 0 amide bonds. The third kappa shape index (κ3) is 3.12. The van der Waals surface area contributed by atoms with Crippen LogP contribution in [0.2, 0.25) is 0 Å². The SMILES string of the molecule is Cc1nc2c(C)cccn2c1CN1CCc2nc(C(F)(F)F)[nH]c(=O)c2C1. The minimum absolute atomic E-state index is 0.230. The molecule has 1 aliphatic rings. The third-order valence-electron chi connectivity index (χ3n) is 4.93. The number of pyridine rings is 1. The Morgan fingerprint density at radius 2 is 2.04 bits per heavy atom. The highest BCUT2D eigenvalue weighted by Crippen LogP contribution is 2.27. The maximum absolute atomic E-state index is 12.8. The molecule has 0 atom stereocenters. The summed E-state index contributed by atoms with van der Waals surface area (Å²) in [6.45, 7) is 5.26. The molecular formula is C18H18F3N5O. The monoisotopic (exact) mass is 377 g/mol. The first-order valence-electron chi connectivity index (χ1n) is 8.59. The van der Waals surface area contributed by atoms with Gasteiger partial charge in [-0.1, -0.05) is 6.07 Å². The smallest absolute Gasteiger partial charge is 0.303 e. The zero-order valence-electron chi connectivity index (χ0n) is 14.9. The quantitative estimate of drug-likeness (QED) is 0.746. The molecule has 0 bridgehead atoms. The highest BCUT2D eigenvalue weighted by Gasteiger charge is 2.36. The topological polar surface area (TPSA) is 66.3 Å². The van der Waals surface area contributed by atoms with Crippen LogP contribution >= 0.6 is 0 Å². The summed E-state index contributed by atoms with van der Waals surface area (Å²) < 4.78 is 40.5. The zero-order chi connectivity index (χ0) is 19.3. The number of imidazole rings is 1. The molecule has 0 aliphatic carbocycles. The van der Waals surface area contributed by atoms with E-state index < -0.39 is 17.6 Å². The van der Waals surface area contributed by atoms with E-state index >= 15 is 0 Å². The van der Waals surface area contributed by atoms with Gasteiger partial charge in [-0.15, -0.1) is 0 Å². The average Bonchev–Trinajstić information content (AvgIpc) is 2.92. The number of alkyl halides is 3. The van der Waals surface area contributed by atoms with Crippen molar-refractivity contribution in [3.63, 3.8) is 0 Å². The minimum atomic E-state index is -4.66. The highest BCUT2D eigenvalue weighted by molar-refractivity contribution is 5.50. The minimum Gasteiger partial charge on any atom is -0.303 e. The van der Waals surface area contributed by atoms with Crippen LogP contribution in [0.25, 0.3) is 5.65 Å². The van der Waals surface area contributed by atoms with Gasteiger partial charge in [-0.25, -0.2) is 9.97 Å². The van der Waals surface area contributed by atoms with Crippen LogP contribution in [0.5, 0.6) is 0 Å². The van der Waals surface area contributed by atoms with Gasteiger partial charge in [0.15, 0.2) is 0 Å². The summed E-state index contributed by atoms with van der Waals surface area (Å²) in [4.78, 5) is 24.3. The number of hydrogen-bond donors (Lipinski definition) is 1. The van der Waals surface area contributed by atoms with Crippen LogP contribution in [0.15, 0.2) is 23.1 Å². The molecule has 3 aromatic rings. The first kappa shape index (κ1) is 17.7. The number of rotatable bonds is 2. The zero-order valence-corrected chi connectivity index (χ0v) is 14.9. The van der Waals surface area contributed by atoms with Crippen LogP contribution in [0.4, 0.5) is 13.2 Å². The number of halogens is 3. The molecule has 9 heteroatoms. The second kappa shape index (κ2) is 6.19. The van der Waals surface area contributed by atoms with Gasteiger partial charge in [0.2, 0.25) is 5.82 Å². The maximum Gasteiger partial charge on any atom is 0.449 e. The van der Waals surface area contributed by atoms with Gasteiger partial charge in [0, 0.05) is 32.3 Å². The number of nitrogens with zero attached hydrogens (tertiary/aromatic N) is 4. The Labute approximate surface area is 152 Å². The molecule has 0 saturated heterocycles. The highest BCUT2D eigenvalue weighted by atomic mass is 19.4. The van der Waals surface area contributed by atoms with Gasteiger partial charge in [0.25, 0.3) is 5.56 Å². The molecule has 0 saturated carbocycles. The number of aryl methyl sites for hydroxylation is 2. The molecule has 0 aromatic carbocycles. The molecule has 1 aliphatic heterocycles. The van der Waals surface area contributed by atoms with Gasteiger partial charge < -0.3 is 9.38 Å². The van der Waals surface area contributed by atoms with Crippen molar-refractivity contribution in [2.45, 2.75) is 39.5 Å². The molecule has 6 nitrogen and oxygen atoms in total. The van der Waals surface area contributed by atoms with E-state index in [1.165, 1.54) is 0 Å². The molecule has 142 valence electrons. The fourth-order valence-electron chi connectivity index (χ4n) is 3.52. The third-order valence-corrected chi connectivity index (χ3v) is 4.93. The standard InChI is InChI=1S/C18H18F3N5O/c1-10-4-3-6-26-14(11(2)22-15(10)26)9-25-7-5-13-12(8-25)16(27)24-17(23-13)18(19,20)21/h3-4,6H,5,7-9H2,1-2H3,(H,23,24,27). The Bertz CT molecular complexity index is 1080. The summed E-state index contributed by atoms with van der Waals surface area (Å²) in [5, 5.41) is 0. The van der Waals surface area contributed by atoms with Crippen molar-refractivity contribution >= 4 is 5.65 Å². The normalized spacial score (nSPS) is 15.3. The van der Waals surface area contributed by atoms with Crippen LogP contribution in [-0.2, 0) is 25.7 Å². The van der Waals surface area contributed by atoms with Crippen LogP contribution in [0.1, 0.15) is 34.0 Å². The number of H-pyrrole nitrogens is 1. The molecular weight excluding hydrogens is 359 g/mol. The number of nitrogens with one attached hydrogen (secondary N) is 1. The van der Waals surface area contributed by atoms with Crippen LogP contribution in [0.3, 0.4) is 0 Å². The summed E-state index contributed by atoms with van der Waals surface area (Å²) in [6, 6.07) is 3.94. The van der Waals surface area contributed by atoms with Gasteiger partial charge in [0.05, 0.1) is 22.6 Å². The van der Waals surface area contributed by atoms with Gasteiger partial charge in [-0.05, 0) is 25.5 Å². The van der Waals surface area contributed by atoms with E-state index in [0.29, 0.717) is 25.1 Å². The number of fused-ring (bicyclic) bond motifs is 2. The Balaban J connectivity index is 1.64.